The molecule has 1 saturated carbocycles. The van der Waals surface area contributed by atoms with Crippen molar-refractivity contribution in [1.29, 1.82) is 0 Å². The van der Waals surface area contributed by atoms with Crippen LogP contribution in [-0.2, 0) is 17.8 Å². The maximum atomic E-state index is 5.83. The number of nitrogens with zero attached hydrogens (tertiary/aromatic N) is 3. The third kappa shape index (κ3) is 4.06. The van der Waals surface area contributed by atoms with Crippen LogP contribution in [-0.4, -0.2) is 40.3 Å². The van der Waals surface area contributed by atoms with Gasteiger partial charge in [-0.05, 0) is 44.4 Å². The molecule has 0 aromatic carbocycles. The minimum absolute atomic E-state index is 0.305. The van der Waals surface area contributed by atoms with Crippen molar-refractivity contribution in [2.24, 2.45) is 11.7 Å². The Hall–Kier alpha value is -0.980. The summed E-state index contributed by atoms with van der Waals surface area (Å²) in [5, 5.41) is 4.06. The standard InChI is InChI=1S/C16H28N4O2/c1-12-4-6-13(7-5-12)20(10-14-3-2-8-21-14)11-15-18-16(9-17)22-19-15/h12-14H,2-11,17H2,1H3. The van der Waals surface area contributed by atoms with Gasteiger partial charge in [0.1, 0.15) is 0 Å². The second-order valence-corrected chi connectivity index (χ2v) is 6.79. The summed E-state index contributed by atoms with van der Waals surface area (Å²) < 4.78 is 11.0. The topological polar surface area (TPSA) is 77.4 Å². The smallest absolute Gasteiger partial charge is 0.240 e. The van der Waals surface area contributed by atoms with Crippen LogP contribution in [0, 0.1) is 5.92 Å². The van der Waals surface area contributed by atoms with E-state index in [9.17, 15) is 0 Å². The maximum Gasteiger partial charge on any atom is 0.240 e. The molecule has 2 fully saturated rings. The summed E-state index contributed by atoms with van der Waals surface area (Å²) in [7, 11) is 0. The lowest BCUT2D eigenvalue weighted by molar-refractivity contribution is 0.0394. The maximum absolute atomic E-state index is 5.83. The molecule has 1 aromatic rings. The van der Waals surface area contributed by atoms with E-state index in [1.807, 2.05) is 0 Å². The molecular weight excluding hydrogens is 280 g/mol. The molecule has 2 N–H and O–H groups in total. The summed E-state index contributed by atoms with van der Waals surface area (Å²) in [4.78, 5) is 6.87. The number of aromatic nitrogens is 2. The van der Waals surface area contributed by atoms with Gasteiger partial charge in [0.05, 0.1) is 19.2 Å². The molecule has 0 amide bonds. The van der Waals surface area contributed by atoms with Gasteiger partial charge in [-0.1, -0.05) is 12.1 Å². The van der Waals surface area contributed by atoms with E-state index in [1.165, 1.54) is 38.5 Å². The average molecular weight is 308 g/mol. The second kappa shape index (κ2) is 7.53. The van der Waals surface area contributed by atoms with E-state index in [0.717, 1.165) is 31.4 Å². The number of nitrogens with two attached hydrogens (primary N) is 1. The van der Waals surface area contributed by atoms with Crippen LogP contribution in [0.5, 0.6) is 0 Å². The molecule has 124 valence electrons. The van der Waals surface area contributed by atoms with Gasteiger partial charge in [-0.15, -0.1) is 0 Å². The lowest BCUT2D eigenvalue weighted by Gasteiger charge is -2.36. The number of rotatable bonds is 6. The summed E-state index contributed by atoms with van der Waals surface area (Å²) in [6, 6.07) is 0.611. The quantitative estimate of drug-likeness (QED) is 0.867. The van der Waals surface area contributed by atoms with Crippen molar-refractivity contribution in [3.63, 3.8) is 0 Å². The Bertz CT molecular complexity index is 451. The summed E-state index contributed by atoms with van der Waals surface area (Å²) in [6.07, 6.45) is 7.85. The Kier molecular flexibility index (Phi) is 5.44. The number of hydrogen-bond acceptors (Lipinski definition) is 6. The Morgan fingerprint density at radius 2 is 2.05 bits per heavy atom. The largest absolute Gasteiger partial charge is 0.377 e. The Morgan fingerprint density at radius 3 is 2.68 bits per heavy atom. The molecule has 1 aliphatic carbocycles. The van der Waals surface area contributed by atoms with Gasteiger partial charge in [0.2, 0.25) is 5.89 Å². The first kappa shape index (κ1) is 15.9. The molecule has 0 spiro atoms. The lowest BCUT2D eigenvalue weighted by atomic mass is 9.86. The van der Waals surface area contributed by atoms with Crippen molar-refractivity contribution in [3.05, 3.63) is 11.7 Å². The third-order valence-corrected chi connectivity index (χ3v) is 4.99. The monoisotopic (exact) mass is 308 g/mol. The summed E-state index contributed by atoms with van der Waals surface area (Å²) >= 11 is 0. The summed E-state index contributed by atoms with van der Waals surface area (Å²) in [5.41, 5.74) is 5.55. The zero-order valence-electron chi connectivity index (χ0n) is 13.5. The first-order valence-corrected chi connectivity index (χ1v) is 8.61. The highest BCUT2D eigenvalue weighted by atomic mass is 16.5. The molecule has 6 nitrogen and oxygen atoms in total. The molecule has 0 bridgehead atoms. The first-order chi connectivity index (χ1) is 10.7. The van der Waals surface area contributed by atoms with Crippen LogP contribution in [0.15, 0.2) is 4.52 Å². The van der Waals surface area contributed by atoms with Gasteiger partial charge in [0.15, 0.2) is 5.82 Å². The van der Waals surface area contributed by atoms with E-state index < -0.39 is 0 Å². The normalized spacial score (nSPS) is 29.3. The van der Waals surface area contributed by atoms with E-state index in [-0.39, 0.29) is 0 Å². The molecule has 1 unspecified atom stereocenters. The minimum atomic E-state index is 0.305. The van der Waals surface area contributed by atoms with Crippen molar-refractivity contribution in [2.75, 3.05) is 13.2 Å². The first-order valence-electron chi connectivity index (χ1n) is 8.61. The Labute approximate surface area is 132 Å². The highest BCUT2D eigenvalue weighted by Crippen LogP contribution is 2.29. The number of ether oxygens (including phenoxy) is 1. The van der Waals surface area contributed by atoms with Crippen LogP contribution < -0.4 is 5.73 Å². The summed E-state index contributed by atoms with van der Waals surface area (Å²) in [5.74, 6) is 2.12. The predicted molar refractivity (Wildman–Crippen MR) is 83.0 cm³/mol. The van der Waals surface area contributed by atoms with Crippen molar-refractivity contribution < 1.29 is 9.26 Å². The van der Waals surface area contributed by atoms with Crippen molar-refractivity contribution >= 4 is 0 Å². The van der Waals surface area contributed by atoms with Crippen molar-refractivity contribution in [1.82, 2.24) is 15.0 Å². The number of hydrogen-bond donors (Lipinski definition) is 1. The van der Waals surface area contributed by atoms with Crippen LogP contribution >= 0.6 is 0 Å². The van der Waals surface area contributed by atoms with Crippen molar-refractivity contribution in [3.8, 4) is 0 Å². The SMILES string of the molecule is CC1CCC(N(Cc2noc(CN)n2)CC2CCCO2)CC1. The van der Waals surface area contributed by atoms with Gasteiger partial charge in [-0.25, -0.2) is 0 Å². The third-order valence-electron chi connectivity index (χ3n) is 4.99. The zero-order chi connectivity index (χ0) is 15.4. The molecule has 1 aliphatic heterocycles. The van der Waals surface area contributed by atoms with Crippen LogP contribution in [0.3, 0.4) is 0 Å². The Morgan fingerprint density at radius 1 is 1.23 bits per heavy atom. The molecule has 1 aromatic heterocycles. The summed E-state index contributed by atoms with van der Waals surface area (Å²) in [6.45, 7) is 5.28. The highest BCUT2D eigenvalue weighted by molar-refractivity contribution is 4.89. The van der Waals surface area contributed by atoms with Gasteiger partial charge in [0.25, 0.3) is 0 Å². The highest BCUT2D eigenvalue weighted by Gasteiger charge is 2.28. The fraction of sp³-hybridized carbons (Fsp3) is 0.875. The van der Waals surface area contributed by atoms with Crippen LogP contribution in [0.25, 0.3) is 0 Å². The molecule has 6 heteroatoms. The minimum Gasteiger partial charge on any atom is -0.377 e. The lowest BCUT2D eigenvalue weighted by Crippen LogP contribution is -2.42. The average Bonchev–Trinajstić information content (AvgIpc) is 3.19. The molecule has 0 radical (unpaired) electrons. The molecule has 1 atom stereocenters. The van der Waals surface area contributed by atoms with E-state index in [2.05, 4.69) is 22.0 Å². The van der Waals surface area contributed by atoms with Gasteiger partial charge >= 0.3 is 0 Å². The molecule has 2 heterocycles. The van der Waals surface area contributed by atoms with Crippen LogP contribution in [0.1, 0.15) is 57.2 Å². The second-order valence-electron chi connectivity index (χ2n) is 6.79. The van der Waals surface area contributed by atoms with Gasteiger partial charge in [-0.3, -0.25) is 4.90 Å². The van der Waals surface area contributed by atoms with E-state index >= 15 is 0 Å². The van der Waals surface area contributed by atoms with Crippen molar-refractivity contribution in [2.45, 2.75) is 70.7 Å². The predicted octanol–water partition coefficient (Wildman–Crippen LogP) is 2.09. The van der Waals surface area contributed by atoms with E-state index in [4.69, 9.17) is 15.0 Å². The zero-order valence-corrected chi connectivity index (χ0v) is 13.5. The van der Waals surface area contributed by atoms with Gasteiger partial charge in [0, 0.05) is 19.2 Å². The molecule has 22 heavy (non-hydrogen) atoms. The van der Waals surface area contributed by atoms with Crippen LogP contribution in [0.2, 0.25) is 0 Å². The van der Waals surface area contributed by atoms with Gasteiger partial charge < -0.3 is 15.0 Å². The molecule has 1 saturated heterocycles. The molecule has 2 aliphatic rings. The Balaban J connectivity index is 1.64. The van der Waals surface area contributed by atoms with E-state index in [1.54, 1.807) is 0 Å². The van der Waals surface area contributed by atoms with E-state index in [0.29, 0.717) is 24.6 Å². The fourth-order valence-corrected chi connectivity index (χ4v) is 3.62. The van der Waals surface area contributed by atoms with Crippen LogP contribution in [0.4, 0.5) is 0 Å². The molecular formula is C16H28N4O2. The molecule has 3 rings (SSSR count). The van der Waals surface area contributed by atoms with Gasteiger partial charge in [-0.2, -0.15) is 4.98 Å². The fourth-order valence-electron chi connectivity index (χ4n) is 3.62.